The van der Waals surface area contributed by atoms with Gasteiger partial charge in [0.05, 0.1) is 0 Å². The lowest BCUT2D eigenvalue weighted by molar-refractivity contribution is -0.140. The molecule has 0 spiro atoms. The smallest absolute Gasteiger partial charge is 0.253 e. The van der Waals surface area contributed by atoms with Crippen molar-refractivity contribution < 1.29 is 14.4 Å². The van der Waals surface area contributed by atoms with Crippen LogP contribution in [-0.4, -0.2) is 58.0 Å². The Morgan fingerprint density at radius 2 is 1.44 bits per heavy atom. The van der Waals surface area contributed by atoms with E-state index >= 15 is 0 Å². The third kappa shape index (κ3) is 9.73. The van der Waals surface area contributed by atoms with Crippen LogP contribution in [0.4, 0.5) is 0 Å². The first-order chi connectivity index (χ1) is 24.3. The van der Waals surface area contributed by atoms with Crippen LogP contribution in [0.3, 0.4) is 0 Å². The molecular weight excluding hydrogens is 641 g/mol. The third-order valence-electron chi connectivity index (χ3n) is 12.2. The zero-order valence-electron chi connectivity index (χ0n) is 30.4. The van der Waals surface area contributed by atoms with E-state index < -0.39 is 0 Å². The monoisotopic (exact) mass is 700 g/mol. The van der Waals surface area contributed by atoms with E-state index in [0.29, 0.717) is 28.1 Å². The predicted octanol–water partition coefficient (Wildman–Crippen LogP) is 7.64. The number of carbonyl (C=O) groups is 3. The molecule has 6 aliphatic rings. The van der Waals surface area contributed by atoms with E-state index in [9.17, 15) is 14.4 Å². The number of thioether (sulfide) groups is 1. The molecule has 6 unspecified atom stereocenters. The lowest BCUT2D eigenvalue weighted by atomic mass is 9.76. The molecule has 6 rings (SSSR count). The van der Waals surface area contributed by atoms with Crippen LogP contribution in [0.2, 0.25) is 0 Å². The van der Waals surface area contributed by atoms with Crippen LogP contribution < -0.4 is 16.0 Å². The zero-order chi connectivity index (χ0) is 34.9. The largest absolute Gasteiger partial charge is 0.353 e. The Hall–Kier alpha value is -2.84. The normalized spacial score (nSPS) is 37.0. The molecule has 2 heterocycles. The average Bonchev–Trinajstić information content (AvgIpc) is 3.42. The van der Waals surface area contributed by atoms with Crippen molar-refractivity contribution in [1.29, 1.82) is 0 Å². The van der Waals surface area contributed by atoms with Gasteiger partial charge in [-0.05, 0) is 94.1 Å². The summed E-state index contributed by atoms with van der Waals surface area (Å²) in [4.78, 5) is 43.2. The van der Waals surface area contributed by atoms with Crippen molar-refractivity contribution in [3.63, 3.8) is 0 Å². The van der Waals surface area contributed by atoms with Gasteiger partial charge in [0, 0.05) is 47.3 Å². The fourth-order valence-corrected chi connectivity index (χ4v) is 10.9. The molecule has 8 heteroatoms. The molecule has 2 aliphatic heterocycles. The van der Waals surface area contributed by atoms with Gasteiger partial charge in [-0.15, -0.1) is 11.8 Å². The molecule has 3 amide bonds. The number of carbonyl (C=O) groups excluding carboxylic acids is 3. The van der Waals surface area contributed by atoms with Crippen LogP contribution in [-0.2, 0) is 14.4 Å². The van der Waals surface area contributed by atoms with Crippen LogP contribution in [0, 0.1) is 23.2 Å². The number of hydrogen-bond acceptors (Lipinski definition) is 5. The van der Waals surface area contributed by atoms with E-state index in [4.69, 9.17) is 0 Å². The molecule has 0 bridgehead atoms. The lowest BCUT2D eigenvalue weighted by Crippen LogP contribution is -2.50. The number of hydrogen-bond donors (Lipinski definition) is 3. The fourth-order valence-electron chi connectivity index (χ4n) is 9.24. The molecule has 2 saturated heterocycles. The standard InChI is InChI=1S/C42H60N4O3S/c1-42(2)27-15-14-18-31(25-28-42)38(47)43-33-23-21-32(22-24-33)40(49)46-29-26-35-37(34-19-12-13-20-36(34)46)50-41(44-35)45-39(48)30-16-10-8-6-4-3-5-7-9-11-17-30/h3-11,16-17,31-37,41,44H,12-15,18-29H2,1-2H3,(H,43,47)(H,45,48)/b4-3-,5-3?,6-4?,7-5-,8-6-,9-7?,10-8?,11-9-,16-10?,17-11?,30-16?,30-17?. The minimum Gasteiger partial charge on any atom is -0.353 e. The van der Waals surface area contributed by atoms with Crippen molar-refractivity contribution >= 4 is 29.5 Å². The second-order valence-corrected chi connectivity index (χ2v) is 17.6. The van der Waals surface area contributed by atoms with Gasteiger partial charge in [0.25, 0.3) is 5.91 Å². The summed E-state index contributed by atoms with van der Waals surface area (Å²) in [6.45, 7) is 5.46. The van der Waals surface area contributed by atoms with Crippen molar-refractivity contribution in [1.82, 2.24) is 20.9 Å². The van der Waals surface area contributed by atoms with E-state index in [-0.39, 0.29) is 47.3 Å². The minimum absolute atomic E-state index is 0.0567. The molecule has 6 atom stereocenters. The van der Waals surface area contributed by atoms with Crippen LogP contribution in [0.25, 0.3) is 0 Å². The van der Waals surface area contributed by atoms with Gasteiger partial charge in [0.15, 0.2) is 0 Å². The first-order valence-electron chi connectivity index (χ1n) is 19.7. The second-order valence-electron chi connectivity index (χ2n) is 16.3. The summed E-state index contributed by atoms with van der Waals surface area (Å²) in [6.07, 6.45) is 36.9. The van der Waals surface area contributed by atoms with Gasteiger partial charge < -0.3 is 15.5 Å². The Balaban J connectivity index is 1.02. The molecule has 3 N–H and O–H groups in total. The van der Waals surface area contributed by atoms with Gasteiger partial charge >= 0.3 is 0 Å². The third-order valence-corrected chi connectivity index (χ3v) is 13.7. The summed E-state index contributed by atoms with van der Waals surface area (Å²) in [5.41, 5.74) is 0.797. The maximum absolute atomic E-state index is 14.2. The second kappa shape index (κ2) is 17.6. The van der Waals surface area contributed by atoms with Crippen molar-refractivity contribution in [2.75, 3.05) is 6.54 Å². The highest BCUT2D eigenvalue weighted by Crippen LogP contribution is 2.45. The lowest BCUT2D eigenvalue weighted by Gasteiger charge is -2.42. The van der Waals surface area contributed by atoms with Gasteiger partial charge in [-0.25, -0.2) is 0 Å². The highest BCUT2D eigenvalue weighted by molar-refractivity contribution is 8.00. The number of nitrogens with zero attached hydrogens (tertiary/aromatic N) is 1. The van der Waals surface area contributed by atoms with Crippen LogP contribution in [0.15, 0.2) is 72.4 Å². The Morgan fingerprint density at radius 1 is 0.740 bits per heavy atom. The zero-order valence-corrected chi connectivity index (χ0v) is 31.2. The maximum Gasteiger partial charge on any atom is 0.253 e. The molecule has 7 nitrogen and oxygen atoms in total. The summed E-state index contributed by atoms with van der Waals surface area (Å²) in [5, 5.41) is 10.8. The Labute approximate surface area is 305 Å². The summed E-state index contributed by atoms with van der Waals surface area (Å²) < 4.78 is 0. The number of amides is 3. The quantitative estimate of drug-likeness (QED) is 0.274. The van der Waals surface area contributed by atoms with Crippen molar-refractivity contribution in [3.8, 4) is 0 Å². The van der Waals surface area contributed by atoms with E-state index in [1.165, 1.54) is 25.7 Å². The molecule has 5 fully saturated rings. The summed E-state index contributed by atoms with van der Waals surface area (Å²) >= 11 is 1.85. The van der Waals surface area contributed by atoms with Crippen LogP contribution >= 0.6 is 11.8 Å². The minimum atomic E-state index is -0.153. The van der Waals surface area contributed by atoms with E-state index in [1.807, 2.05) is 78.6 Å². The molecule has 3 saturated carbocycles. The maximum atomic E-state index is 14.2. The number of fused-ring (bicyclic) bond motifs is 3. The topological polar surface area (TPSA) is 90.5 Å². The number of rotatable bonds is 5. The highest BCUT2D eigenvalue weighted by atomic mass is 32.2. The van der Waals surface area contributed by atoms with E-state index in [1.54, 1.807) is 0 Å². The highest BCUT2D eigenvalue weighted by Gasteiger charge is 2.49. The average molecular weight is 701 g/mol. The van der Waals surface area contributed by atoms with E-state index in [0.717, 1.165) is 77.2 Å². The SMILES string of the molecule is CC1(C)CCCCC(C(=O)NC2CCC(C(=O)N3CCC4NC(NC(=O)C5=C\C=C/C=C\C=C/C=C\C=C5)SC4C4CCCCC43)CC2)CC1. The molecule has 4 aliphatic carbocycles. The molecular formula is C42H60N4O3S. The fraction of sp³-hybridized carbons (Fsp3) is 0.643. The van der Waals surface area contributed by atoms with Crippen molar-refractivity contribution in [2.24, 2.45) is 23.2 Å². The molecule has 272 valence electrons. The molecule has 0 aromatic carbocycles. The Morgan fingerprint density at radius 3 is 2.22 bits per heavy atom. The first-order valence-corrected chi connectivity index (χ1v) is 20.6. The first kappa shape index (κ1) is 36.9. The number of likely N-dealkylation sites (tertiary alicyclic amines) is 1. The Kier molecular flexibility index (Phi) is 13.0. The molecule has 50 heavy (non-hydrogen) atoms. The van der Waals surface area contributed by atoms with E-state index in [2.05, 4.69) is 34.7 Å². The van der Waals surface area contributed by atoms with Crippen LogP contribution in [0.1, 0.15) is 110 Å². The predicted molar refractivity (Wildman–Crippen MR) is 205 cm³/mol. The molecule has 0 aromatic rings. The van der Waals surface area contributed by atoms with Crippen LogP contribution in [0.5, 0.6) is 0 Å². The van der Waals surface area contributed by atoms with Gasteiger partial charge in [-0.1, -0.05) is 94.2 Å². The van der Waals surface area contributed by atoms with Gasteiger partial charge in [0.1, 0.15) is 5.50 Å². The molecule has 0 aromatic heterocycles. The summed E-state index contributed by atoms with van der Waals surface area (Å²) in [6, 6.07) is 0.730. The Bertz CT molecular complexity index is 1390. The van der Waals surface area contributed by atoms with Crippen molar-refractivity contribution in [3.05, 3.63) is 72.4 Å². The van der Waals surface area contributed by atoms with Gasteiger partial charge in [0.2, 0.25) is 11.8 Å². The van der Waals surface area contributed by atoms with Gasteiger partial charge in [-0.2, -0.15) is 0 Å². The molecule has 0 radical (unpaired) electrons. The summed E-state index contributed by atoms with van der Waals surface area (Å²) in [7, 11) is 0. The van der Waals surface area contributed by atoms with Crippen molar-refractivity contribution in [2.45, 2.75) is 139 Å². The number of allylic oxidation sites excluding steroid dienone is 10. The van der Waals surface area contributed by atoms with Gasteiger partial charge in [-0.3, -0.25) is 19.7 Å². The number of nitrogens with one attached hydrogen (secondary N) is 3. The summed E-state index contributed by atoms with van der Waals surface area (Å²) in [5.74, 6) is 1.13.